The molecule has 1 N–H and O–H groups in total. The van der Waals surface area contributed by atoms with Gasteiger partial charge in [0.1, 0.15) is 0 Å². The van der Waals surface area contributed by atoms with Crippen LogP contribution in [0.3, 0.4) is 0 Å². The Morgan fingerprint density at radius 3 is 3.08 bits per heavy atom. The average Bonchev–Trinajstić information content (AvgIpc) is 3.10. The van der Waals surface area contributed by atoms with E-state index in [1.54, 1.807) is 0 Å². The minimum atomic E-state index is 0.434. The SMILES string of the molecule is CCNC(=NCC(C)N1CCOCC1C)N(C)CCc1cccs1. The molecular formula is C18H32N4OS. The summed E-state index contributed by atoms with van der Waals surface area (Å²) < 4.78 is 5.53. The quantitative estimate of drug-likeness (QED) is 0.604. The summed E-state index contributed by atoms with van der Waals surface area (Å²) in [5.41, 5.74) is 0. The first kappa shape index (κ1) is 19.2. The van der Waals surface area contributed by atoms with E-state index in [1.807, 2.05) is 11.3 Å². The number of nitrogens with one attached hydrogen (secondary N) is 1. The third-order valence-electron chi connectivity index (χ3n) is 4.46. The number of hydrogen-bond acceptors (Lipinski definition) is 4. The number of aliphatic imine (C=N–C) groups is 1. The van der Waals surface area contributed by atoms with Gasteiger partial charge in [0.15, 0.2) is 5.96 Å². The zero-order valence-electron chi connectivity index (χ0n) is 15.5. The Hall–Kier alpha value is -1.11. The maximum Gasteiger partial charge on any atom is 0.193 e. The molecular weight excluding hydrogens is 320 g/mol. The fraction of sp³-hybridized carbons (Fsp3) is 0.722. The first-order chi connectivity index (χ1) is 11.6. The predicted molar refractivity (Wildman–Crippen MR) is 103 cm³/mol. The minimum absolute atomic E-state index is 0.434. The molecule has 2 unspecified atom stereocenters. The molecule has 2 rings (SSSR count). The maximum atomic E-state index is 5.53. The van der Waals surface area contributed by atoms with Crippen molar-refractivity contribution in [2.45, 2.75) is 39.3 Å². The molecule has 0 bridgehead atoms. The highest BCUT2D eigenvalue weighted by Crippen LogP contribution is 2.12. The van der Waals surface area contributed by atoms with Crippen LogP contribution in [0.4, 0.5) is 0 Å². The molecule has 1 aliphatic heterocycles. The van der Waals surface area contributed by atoms with E-state index in [1.165, 1.54) is 4.88 Å². The Bertz CT molecular complexity index is 491. The third kappa shape index (κ3) is 5.76. The van der Waals surface area contributed by atoms with Crippen molar-refractivity contribution in [3.63, 3.8) is 0 Å². The number of ether oxygens (including phenoxy) is 1. The Kier molecular flexibility index (Phi) is 8.02. The number of rotatable bonds is 7. The lowest BCUT2D eigenvalue weighted by Gasteiger charge is -2.37. The second-order valence-corrected chi connectivity index (χ2v) is 7.49. The number of nitrogens with zero attached hydrogens (tertiary/aromatic N) is 3. The largest absolute Gasteiger partial charge is 0.379 e. The lowest BCUT2D eigenvalue weighted by Crippen LogP contribution is -2.49. The van der Waals surface area contributed by atoms with Crippen LogP contribution >= 0.6 is 11.3 Å². The van der Waals surface area contributed by atoms with E-state index in [2.05, 4.69) is 60.4 Å². The van der Waals surface area contributed by atoms with Crippen LogP contribution in [0, 0.1) is 0 Å². The zero-order chi connectivity index (χ0) is 17.4. The standard InChI is InChI=1S/C18H32N4OS/c1-5-19-18(21(4)9-8-17-7-6-12-24-17)20-13-15(2)22-10-11-23-14-16(22)3/h6-7,12,15-16H,5,8-11,13-14H2,1-4H3,(H,19,20). The van der Waals surface area contributed by atoms with Gasteiger partial charge >= 0.3 is 0 Å². The van der Waals surface area contributed by atoms with Crippen molar-refractivity contribution in [3.8, 4) is 0 Å². The van der Waals surface area contributed by atoms with Gasteiger partial charge in [0.2, 0.25) is 0 Å². The van der Waals surface area contributed by atoms with E-state index in [0.717, 1.165) is 51.8 Å². The van der Waals surface area contributed by atoms with E-state index in [9.17, 15) is 0 Å². The van der Waals surface area contributed by atoms with Gasteiger partial charge in [-0.2, -0.15) is 0 Å². The fourth-order valence-corrected chi connectivity index (χ4v) is 3.72. The lowest BCUT2D eigenvalue weighted by atomic mass is 10.2. The van der Waals surface area contributed by atoms with E-state index in [4.69, 9.17) is 9.73 Å². The van der Waals surface area contributed by atoms with Crippen molar-refractivity contribution in [1.29, 1.82) is 0 Å². The van der Waals surface area contributed by atoms with Crippen molar-refractivity contribution < 1.29 is 4.74 Å². The topological polar surface area (TPSA) is 40.1 Å². The second-order valence-electron chi connectivity index (χ2n) is 6.46. The summed E-state index contributed by atoms with van der Waals surface area (Å²) in [6.45, 7) is 12.0. The number of hydrogen-bond donors (Lipinski definition) is 1. The van der Waals surface area contributed by atoms with Crippen molar-refractivity contribution in [2.75, 3.05) is 46.4 Å². The first-order valence-corrected chi connectivity index (χ1v) is 9.85. The highest BCUT2D eigenvalue weighted by atomic mass is 32.1. The van der Waals surface area contributed by atoms with Crippen molar-refractivity contribution >= 4 is 17.3 Å². The van der Waals surface area contributed by atoms with Gasteiger partial charge in [0.05, 0.1) is 19.8 Å². The smallest absolute Gasteiger partial charge is 0.193 e. The molecule has 0 saturated carbocycles. The Balaban J connectivity index is 1.88. The van der Waals surface area contributed by atoms with Crippen LogP contribution in [0.15, 0.2) is 22.5 Å². The molecule has 6 heteroatoms. The van der Waals surface area contributed by atoms with Gasteiger partial charge in [0, 0.05) is 43.6 Å². The summed E-state index contributed by atoms with van der Waals surface area (Å²) >= 11 is 1.82. The number of guanidine groups is 1. The molecule has 2 heterocycles. The summed E-state index contributed by atoms with van der Waals surface area (Å²) in [6, 6.07) is 5.22. The van der Waals surface area contributed by atoms with Crippen LogP contribution in [0.2, 0.25) is 0 Å². The van der Waals surface area contributed by atoms with E-state index < -0.39 is 0 Å². The molecule has 0 amide bonds. The molecule has 0 aliphatic carbocycles. The fourth-order valence-electron chi connectivity index (χ4n) is 3.03. The van der Waals surface area contributed by atoms with Crippen molar-refractivity contribution in [3.05, 3.63) is 22.4 Å². The number of morpholine rings is 1. The second kappa shape index (κ2) is 10.0. The Morgan fingerprint density at radius 1 is 1.58 bits per heavy atom. The molecule has 1 saturated heterocycles. The van der Waals surface area contributed by atoms with Crippen LogP contribution in [-0.4, -0.2) is 74.3 Å². The normalized spacial score (nSPS) is 20.8. The molecule has 1 fully saturated rings. The molecule has 0 aromatic carbocycles. The van der Waals surface area contributed by atoms with Gasteiger partial charge in [-0.3, -0.25) is 9.89 Å². The van der Waals surface area contributed by atoms with Crippen molar-refractivity contribution in [2.24, 2.45) is 4.99 Å². The first-order valence-electron chi connectivity index (χ1n) is 8.97. The third-order valence-corrected chi connectivity index (χ3v) is 5.40. The average molecular weight is 353 g/mol. The summed E-state index contributed by atoms with van der Waals surface area (Å²) in [5.74, 6) is 1.00. The number of thiophene rings is 1. The van der Waals surface area contributed by atoms with E-state index in [-0.39, 0.29) is 0 Å². The maximum absolute atomic E-state index is 5.53. The van der Waals surface area contributed by atoms with Crippen LogP contribution < -0.4 is 5.32 Å². The van der Waals surface area contributed by atoms with Crippen LogP contribution in [-0.2, 0) is 11.2 Å². The molecule has 5 nitrogen and oxygen atoms in total. The zero-order valence-corrected chi connectivity index (χ0v) is 16.3. The molecule has 1 aromatic heterocycles. The summed E-state index contributed by atoms with van der Waals surface area (Å²) in [4.78, 5) is 11.0. The van der Waals surface area contributed by atoms with Crippen LogP contribution in [0.25, 0.3) is 0 Å². The molecule has 136 valence electrons. The van der Waals surface area contributed by atoms with Gasteiger partial charge < -0.3 is 15.0 Å². The molecule has 1 aliphatic rings. The van der Waals surface area contributed by atoms with Gasteiger partial charge in [-0.15, -0.1) is 11.3 Å². The van der Waals surface area contributed by atoms with E-state index >= 15 is 0 Å². The summed E-state index contributed by atoms with van der Waals surface area (Å²) in [6.07, 6.45) is 1.06. The van der Waals surface area contributed by atoms with Crippen LogP contribution in [0.1, 0.15) is 25.6 Å². The van der Waals surface area contributed by atoms with Gasteiger partial charge in [-0.05, 0) is 38.6 Å². The molecule has 0 spiro atoms. The summed E-state index contributed by atoms with van der Waals surface area (Å²) in [5, 5.41) is 5.56. The Morgan fingerprint density at radius 2 is 2.42 bits per heavy atom. The highest BCUT2D eigenvalue weighted by Gasteiger charge is 2.23. The predicted octanol–water partition coefficient (Wildman–Crippen LogP) is 2.30. The summed E-state index contributed by atoms with van der Waals surface area (Å²) in [7, 11) is 2.12. The molecule has 0 radical (unpaired) electrons. The van der Waals surface area contributed by atoms with Crippen LogP contribution in [0.5, 0.6) is 0 Å². The molecule has 1 aromatic rings. The van der Waals surface area contributed by atoms with Gasteiger partial charge in [0.25, 0.3) is 0 Å². The monoisotopic (exact) mass is 352 g/mol. The van der Waals surface area contributed by atoms with Gasteiger partial charge in [-0.25, -0.2) is 0 Å². The van der Waals surface area contributed by atoms with E-state index in [0.29, 0.717) is 12.1 Å². The van der Waals surface area contributed by atoms with Crippen molar-refractivity contribution in [1.82, 2.24) is 15.1 Å². The number of likely N-dealkylation sites (N-methyl/N-ethyl adjacent to an activating group) is 1. The Labute approximate surface area is 150 Å². The highest BCUT2D eigenvalue weighted by molar-refractivity contribution is 7.09. The molecule has 2 atom stereocenters. The lowest BCUT2D eigenvalue weighted by molar-refractivity contribution is -0.0166. The van der Waals surface area contributed by atoms with Gasteiger partial charge in [-0.1, -0.05) is 6.07 Å². The molecule has 24 heavy (non-hydrogen) atoms. The minimum Gasteiger partial charge on any atom is -0.379 e.